The van der Waals surface area contributed by atoms with E-state index in [-0.39, 0.29) is 17.3 Å². The number of carbonyl (C=O) groups is 1. The third-order valence-corrected chi connectivity index (χ3v) is 4.27. The summed E-state index contributed by atoms with van der Waals surface area (Å²) in [6.45, 7) is 5.50. The summed E-state index contributed by atoms with van der Waals surface area (Å²) < 4.78 is 26.8. The molecule has 112 valence electrons. The quantitative estimate of drug-likeness (QED) is 0.856. The molecular weight excluding hydrogens is 296 g/mol. The number of halogens is 2. The molecule has 0 bridgehead atoms. The third kappa shape index (κ3) is 3.18. The highest BCUT2D eigenvalue weighted by Crippen LogP contribution is 2.25. The Bertz CT molecular complexity index is 700. The van der Waals surface area contributed by atoms with Crippen LogP contribution in [0.5, 0.6) is 0 Å². The second-order valence-corrected chi connectivity index (χ2v) is 5.97. The Kier molecular flexibility index (Phi) is 4.22. The average molecular weight is 311 g/mol. The number of rotatable bonds is 3. The van der Waals surface area contributed by atoms with E-state index >= 15 is 0 Å². The zero-order valence-electron chi connectivity index (χ0n) is 11.8. The highest BCUT2D eigenvalue weighted by molar-refractivity contribution is 7.11. The van der Waals surface area contributed by atoms with Gasteiger partial charge in [0.25, 0.3) is 5.91 Å². The molecule has 1 heterocycles. The van der Waals surface area contributed by atoms with Crippen molar-refractivity contribution in [1.82, 2.24) is 10.3 Å². The summed E-state index contributed by atoms with van der Waals surface area (Å²) in [5.74, 6) is -2.47. The van der Waals surface area contributed by atoms with Gasteiger partial charge < -0.3 is 11.1 Å². The van der Waals surface area contributed by atoms with Gasteiger partial charge in [0.05, 0.1) is 28.0 Å². The molecule has 21 heavy (non-hydrogen) atoms. The van der Waals surface area contributed by atoms with Crippen LogP contribution in [0, 0.1) is 25.5 Å². The molecule has 3 N–H and O–H groups in total. The molecule has 1 aromatic carbocycles. The normalized spacial score (nSPS) is 12.2. The van der Waals surface area contributed by atoms with Crippen LogP contribution in [0.25, 0.3) is 0 Å². The average Bonchev–Trinajstić information content (AvgIpc) is 2.72. The number of nitrogens with zero attached hydrogens (tertiary/aromatic N) is 1. The van der Waals surface area contributed by atoms with Crippen molar-refractivity contribution in [2.24, 2.45) is 0 Å². The van der Waals surface area contributed by atoms with E-state index in [0.717, 1.165) is 21.6 Å². The minimum Gasteiger partial charge on any atom is -0.396 e. The lowest BCUT2D eigenvalue weighted by molar-refractivity contribution is 0.0936. The monoisotopic (exact) mass is 311 g/mol. The summed E-state index contributed by atoms with van der Waals surface area (Å²) in [6.07, 6.45) is 0. The molecule has 0 fully saturated rings. The molecule has 1 amide bonds. The molecule has 1 unspecified atom stereocenters. The van der Waals surface area contributed by atoms with Gasteiger partial charge in [-0.2, -0.15) is 0 Å². The fourth-order valence-electron chi connectivity index (χ4n) is 2.03. The number of nitrogen functional groups attached to an aromatic ring is 1. The Balaban J connectivity index is 2.22. The van der Waals surface area contributed by atoms with Crippen molar-refractivity contribution < 1.29 is 13.6 Å². The van der Waals surface area contributed by atoms with Crippen LogP contribution in [0.4, 0.5) is 14.5 Å². The van der Waals surface area contributed by atoms with Gasteiger partial charge in [-0.3, -0.25) is 4.79 Å². The minimum atomic E-state index is -0.941. The van der Waals surface area contributed by atoms with E-state index in [9.17, 15) is 13.6 Å². The maximum Gasteiger partial charge on any atom is 0.254 e. The molecule has 1 aromatic heterocycles. The second kappa shape index (κ2) is 5.77. The fraction of sp³-hybridized carbons (Fsp3) is 0.286. The van der Waals surface area contributed by atoms with E-state index in [4.69, 9.17) is 5.73 Å². The molecule has 0 radical (unpaired) electrons. The SMILES string of the molecule is Cc1nc(C)c(C(C)NC(=O)c2cc(N)c(F)cc2F)s1. The molecule has 0 aliphatic rings. The number of hydrogen-bond acceptors (Lipinski definition) is 4. The predicted molar refractivity (Wildman–Crippen MR) is 78.2 cm³/mol. The van der Waals surface area contributed by atoms with Crippen LogP contribution in [0.3, 0.4) is 0 Å². The van der Waals surface area contributed by atoms with Gasteiger partial charge in [0.1, 0.15) is 11.6 Å². The van der Waals surface area contributed by atoms with Crippen LogP contribution in [-0.4, -0.2) is 10.9 Å². The molecule has 7 heteroatoms. The topological polar surface area (TPSA) is 68.0 Å². The van der Waals surface area contributed by atoms with Crippen LogP contribution in [0.15, 0.2) is 12.1 Å². The standard InChI is InChI=1S/C14H15F2N3OS/c1-6-13(21-8(3)18-6)7(2)19-14(20)9-4-12(17)11(16)5-10(9)15/h4-5,7H,17H2,1-3H3,(H,19,20). The van der Waals surface area contributed by atoms with Gasteiger partial charge in [-0.1, -0.05) is 0 Å². The predicted octanol–water partition coefficient (Wildman–Crippen LogP) is 3.11. The van der Waals surface area contributed by atoms with Crippen molar-refractivity contribution >= 4 is 22.9 Å². The van der Waals surface area contributed by atoms with E-state index in [1.54, 1.807) is 6.92 Å². The van der Waals surface area contributed by atoms with Crippen LogP contribution in [-0.2, 0) is 0 Å². The first-order valence-electron chi connectivity index (χ1n) is 6.29. The molecular formula is C14H15F2N3OS. The zero-order valence-corrected chi connectivity index (χ0v) is 12.6. The van der Waals surface area contributed by atoms with E-state index in [1.807, 2.05) is 13.8 Å². The largest absolute Gasteiger partial charge is 0.396 e. The van der Waals surface area contributed by atoms with Crippen LogP contribution in [0.2, 0.25) is 0 Å². The Morgan fingerprint density at radius 3 is 2.57 bits per heavy atom. The van der Waals surface area contributed by atoms with Gasteiger partial charge in [-0.15, -0.1) is 11.3 Å². The Morgan fingerprint density at radius 2 is 2.00 bits per heavy atom. The number of nitrogens with one attached hydrogen (secondary N) is 1. The molecule has 2 rings (SSSR count). The molecule has 0 saturated carbocycles. The van der Waals surface area contributed by atoms with Crippen LogP contribution in [0.1, 0.15) is 38.9 Å². The maximum absolute atomic E-state index is 13.7. The van der Waals surface area contributed by atoms with E-state index < -0.39 is 17.5 Å². The molecule has 2 aromatic rings. The van der Waals surface area contributed by atoms with Crippen molar-refractivity contribution in [3.63, 3.8) is 0 Å². The van der Waals surface area contributed by atoms with Crippen molar-refractivity contribution in [1.29, 1.82) is 0 Å². The highest BCUT2D eigenvalue weighted by Gasteiger charge is 2.19. The van der Waals surface area contributed by atoms with Crippen LogP contribution < -0.4 is 11.1 Å². The first-order valence-corrected chi connectivity index (χ1v) is 7.10. The lowest BCUT2D eigenvalue weighted by atomic mass is 10.1. The minimum absolute atomic E-state index is 0.265. The number of hydrogen-bond donors (Lipinski definition) is 2. The van der Waals surface area contributed by atoms with E-state index in [0.29, 0.717) is 6.07 Å². The molecule has 0 aliphatic carbocycles. The summed E-state index contributed by atoms with van der Waals surface area (Å²) >= 11 is 1.47. The second-order valence-electron chi connectivity index (χ2n) is 4.73. The zero-order chi connectivity index (χ0) is 15.7. The summed E-state index contributed by atoms with van der Waals surface area (Å²) in [5, 5.41) is 3.56. The number of thiazole rings is 1. The van der Waals surface area contributed by atoms with Gasteiger partial charge in [0.2, 0.25) is 0 Å². The summed E-state index contributed by atoms with van der Waals surface area (Å²) in [5.41, 5.74) is 5.65. The first-order chi connectivity index (χ1) is 9.79. The number of aromatic nitrogens is 1. The molecule has 0 aliphatic heterocycles. The first kappa shape index (κ1) is 15.4. The van der Waals surface area contributed by atoms with Crippen LogP contribution >= 0.6 is 11.3 Å². The smallest absolute Gasteiger partial charge is 0.254 e. The van der Waals surface area contributed by atoms with Gasteiger partial charge >= 0.3 is 0 Å². The number of benzene rings is 1. The molecule has 4 nitrogen and oxygen atoms in total. The number of nitrogens with two attached hydrogens (primary N) is 1. The Morgan fingerprint density at radius 1 is 1.33 bits per heavy atom. The summed E-state index contributed by atoms with van der Waals surface area (Å²) in [7, 11) is 0. The van der Waals surface area contributed by atoms with Crippen molar-refractivity contribution in [2.75, 3.05) is 5.73 Å². The van der Waals surface area contributed by atoms with E-state index in [1.165, 1.54) is 11.3 Å². The fourth-order valence-corrected chi connectivity index (χ4v) is 2.96. The van der Waals surface area contributed by atoms with Gasteiger partial charge in [0.15, 0.2) is 0 Å². The van der Waals surface area contributed by atoms with Gasteiger partial charge in [-0.05, 0) is 26.8 Å². The van der Waals surface area contributed by atoms with E-state index in [2.05, 4.69) is 10.3 Å². The number of aryl methyl sites for hydroxylation is 2. The molecule has 0 spiro atoms. The maximum atomic E-state index is 13.7. The number of carbonyl (C=O) groups excluding carboxylic acids is 1. The Labute approximate surface area is 125 Å². The molecule has 1 atom stereocenters. The van der Waals surface area contributed by atoms with Crippen molar-refractivity contribution in [2.45, 2.75) is 26.8 Å². The van der Waals surface area contributed by atoms with Gasteiger partial charge in [0, 0.05) is 10.9 Å². The van der Waals surface area contributed by atoms with Crippen molar-refractivity contribution in [3.05, 3.63) is 44.9 Å². The number of anilines is 1. The lowest BCUT2D eigenvalue weighted by Crippen LogP contribution is -2.27. The van der Waals surface area contributed by atoms with Gasteiger partial charge in [-0.25, -0.2) is 13.8 Å². The highest BCUT2D eigenvalue weighted by atomic mass is 32.1. The lowest BCUT2D eigenvalue weighted by Gasteiger charge is -2.13. The number of amides is 1. The summed E-state index contributed by atoms with van der Waals surface area (Å²) in [6, 6.07) is 1.28. The van der Waals surface area contributed by atoms with Crippen molar-refractivity contribution in [3.8, 4) is 0 Å². The third-order valence-electron chi connectivity index (χ3n) is 3.01. The Hall–Kier alpha value is -2.02. The summed E-state index contributed by atoms with van der Waals surface area (Å²) in [4.78, 5) is 17.3. The molecule has 0 saturated heterocycles.